The van der Waals surface area contributed by atoms with Gasteiger partial charge in [0.2, 0.25) is 0 Å². The second-order valence-electron chi connectivity index (χ2n) is 3.25. The van der Waals surface area contributed by atoms with E-state index in [0.717, 1.165) is 9.79 Å². The van der Waals surface area contributed by atoms with Crippen molar-refractivity contribution in [1.29, 1.82) is 0 Å². The van der Waals surface area contributed by atoms with Gasteiger partial charge in [0, 0.05) is 15.4 Å². The second kappa shape index (κ2) is 6.15. The summed E-state index contributed by atoms with van der Waals surface area (Å²) in [6.45, 7) is 0. The smallest absolute Gasteiger partial charge is 0.253 e. The lowest BCUT2D eigenvalue weighted by Gasteiger charge is -2.04. The summed E-state index contributed by atoms with van der Waals surface area (Å²) in [5.41, 5.74) is 0.558. The fourth-order valence-corrected chi connectivity index (χ4v) is 3.66. The van der Waals surface area contributed by atoms with Gasteiger partial charge in [0.05, 0.1) is 0 Å². The number of rotatable bonds is 4. The van der Waals surface area contributed by atoms with Gasteiger partial charge in [-0.15, -0.1) is 0 Å². The molecule has 2 aromatic carbocycles. The van der Waals surface area contributed by atoms with Gasteiger partial charge in [-0.3, -0.25) is 4.79 Å². The highest BCUT2D eigenvalue weighted by atomic mass is 35.5. The van der Waals surface area contributed by atoms with Crippen molar-refractivity contribution in [1.82, 2.24) is 0 Å². The van der Waals surface area contributed by atoms with Gasteiger partial charge in [-0.2, -0.15) is 0 Å². The first-order valence-corrected chi connectivity index (χ1v) is 7.48. The molecule has 4 heteroatoms. The van der Waals surface area contributed by atoms with Crippen LogP contribution in [0.5, 0.6) is 0 Å². The number of hydrogen-bond acceptors (Lipinski definition) is 3. The Morgan fingerprint density at radius 2 is 1.53 bits per heavy atom. The van der Waals surface area contributed by atoms with E-state index in [4.69, 9.17) is 11.6 Å². The highest BCUT2D eigenvalue weighted by Gasteiger charge is 2.08. The lowest BCUT2D eigenvalue weighted by Crippen LogP contribution is -1.90. The molecular weight excluding hydrogens is 272 g/mol. The van der Waals surface area contributed by atoms with Crippen molar-refractivity contribution < 1.29 is 4.79 Å². The number of benzene rings is 2. The highest BCUT2D eigenvalue weighted by Crippen LogP contribution is 2.39. The summed E-state index contributed by atoms with van der Waals surface area (Å²) in [5, 5.41) is -0.415. The SMILES string of the molecule is O=C(Cl)c1ccccc1SSc1ccccc1. The summed E-state index contributed by atoms with van der Waals surface area (Å²) in [4.78, 5) is 13.3. The minimum Gasteiger partial charge on any atom is -0.276 e. The molecule has 86 valence electrons. The molecule has 2 rings (SSSR count). The Balaban J connectivity index is 2.12. The van der Waals surface area contributed by atoms with E-state index in [1.165, 1.54) is 10.8 Å². The maximum absolute atomic E-state index is 11.2. The quantitative estimate of drug-likeness (QED) is 0.588. The van der Waals surface area contributed by atoms with Crippen LogP contribution in [0.2, 0.25) is 0 Å². The zero-order chi connectivity index (χ0) is 12.1. The maximum Gasteiger partial charge on any atom is 0.253 e. The van der Waals surface area contributed by atoms with E-state index in [1.54, 1.807) is 16.9 Å². The summed E-state index contributed by atoms with van der Waals surface area (Å²) in [7, 11) is 3.15. The normalized spacial score (nSPS) is 10.2. The molecule has 0 aliphatic rings. The molecular formula is C13H9ClOS2. The number of carbonyl (C=O) groups excluding carboxylic acids is 1. The van der Waals surface area contributed by atoms with Gasteiger partial charge in [-0.1, -0.05) is 51.9 Å². The number of carbonyl (C=O) groups is 1. The van der Waals surface area contributed by atoms with Gasteiger partial charge in [-0.05, 0) is 35.9 Å². The molecule has 0 aliphatic carbocycles. The van der Waals surface area contributed by atoms with Gasteiger partial charge in [-0.25, -0.2) is 0 Å². The second-order valence-corrected chi connectivity index (χ2v) is 5.84. The maximum atomic E-state index is 11.2. The van der Waals surface area contributed by atoms with E-state index >= 15 is 0 Å². The minimum absolute atomic E-state index is 0.415. The molecule has 0 spiro atoms. The summed E-state index contributed by atoms with van der Waals surface area (Å²) < 4.78 is 0. The molecule has 1 nitrogen and oxygen atoms in total. The first-order chi connectivity index (χ1) is 8.27. The minimum atomic E-state index is -0.415. The molecule has 0 aliphatic heterocycles. The van der Waals surface area contributed by atoms with Crippen molar-refractivity contribution in [3.8, 4) is 0 Å². The summed E-state index contributed by atoms with van der Waals surface area (Å²) in [6, 6.07) is 17.4. The average molecular weight is 281 g/mol. The standard InChI is InChI=1S/C13H9ClOS2/c14-13(15)11-8-4-5-9-12(11)17-16-10-6-2-1-3-7-10/h1-9H. The molecule has 0 amide bonds. The molecule has 0 saturated carbocycles. The summed E-state index contributed by atoms with van der Waals surface area (Å²) in [5.74, 6) is 0. The molecule has 0 radical (unpaired) electrons. The molecule has 0 fully saturated rings. The van der Waals surface area contributed by atoms with E-state index in [1.807, 2.05) is 48.5 Å². The topological polar surface area (TPSA) is 17.1 Å². The van der Waals surface area contributed by atoms with Crippen molar-refractivity contribution in [3.05, 3.63) is 60.2 Å². The van der Waals surface area contributed by atoms with Crippen LogP contribution in [-0.2, 0) is 0 Å². The number of halogens is 1. The molecule has 2 aromatic rings. The van der Waals surface area contributed by atoms with Crippen LogP contribution >= 0.6 is 33.2 Å². The average Bonchev–Trinajstić information content (AvgIpc) is 2.38. The van der Waals surface area contributed by atoms with E-state index in [9.17, 15) is 4.79 Å². The van der Waals surface area contributed by atoms with Crippen LogP contribution in [0, 0.1) is 0 Å². The monoisotopic (exact) mass is 280 g/mol. The van der Waals surface area contributed by atoms with Gasteiger partial charge in [0.25, 0.3) is 5.24 Å². The first kappa shape index (κ1) is 12.6. The summed E-state index contributed by atoms with van der Waals surface area (Å²) in [6.07, 6.45) is 0. The van der Waals surface area contributed by atoms with Crippen LogP contribution in [0.4, 0.5) is 0 Å². The third kappa shape index (κ3) is 3.53. The van der Waals surface area contributed by atoms with Crippen molar-refractivity contribution in [2.45, 2.75) is 9.79 Å². The Labute approximate surface area is 113 Å². The molecule has 0 bridgehead atoms. The lowest BCUT2D eigenvalue weighted by molar-refractivity contribution is 0.107. The third-order valence-electron chi connectivity index (χ3n) is 2.07. The zero-order valence-electron chi connectivity index (χ0n) is 8.80. The Morgan fingerprint density at radius 1 is 0.882 bits per heavy atom. The van der Waals surface area contributed by atoms with E-state index in [0.29, 0.717) is 5.56 Å². The van der Waals surface area contributed by atoms with Crippen molar-refractivity contribution in [2.24, 2.45) is 0 Å². The molecule has 17 heavy (non-hydrogen) atoms. The van der Waals surface area contributed by atoms with Crippen LogP contribution in [-0.4, -0.2) is 5.24 Å². The first-order valence-electron chi connectivity index (χ1n) is 4.96. The van der Waals surface area contributed by atoms with Gasteiger partial charge >= 0.3 is 0 Å². The Bertz CT molecular complexity index is 514. The Kier molecular flexibility index (Phi) is 4.54. The van der Waals surface area contributed by atoms with Crippen LogP contribution in [0.25, 0.3) is 0 Å². The molecule has 0 aromatic heterocycles. The predicted molar refractivity (Wildman–Crippen MR) is 74.8 cm³/mol. The van der Waals surface area contributed by atoms with Gasteiger partial charge in [0.1, 0.15) is 0 Å². The molecule has 0 N–H and O–H groups in total. The largest absolute Gasteiger partial charge is 0.276 e. The Hall–Kier alpha value is -0.900. The Morgan fingerprint density at radius 3 is 2.24 bits per heavy atom. The highest BCUT2D eigenvalue weighted by molar-refractivity contribution is 8.76. The third-order valence-corrected chi connectivity index (χ3v) is 4.72. The van der Waals surface area contributed by atoms with Crippen LogP contribution in [0.1, 0.15) is 10.4 Å². The van der Waals surface area contributed by atoms with Gasteiger partial charge < -0.3 is 0 Å². The molecule has 0 atom stereocenters. The molecule has 0 unspecified atom stereocenters. The molecule has 0 saturated heterocycles. The lowest BCUT2D eigenvalue weighted by atomic mass is 10.2. The van der Waals surface area contributed by atoms with E-state index in [-0.39, 0.29) is 0 Å². The predicted octanol–water partition coefficient (Wildman–Crippen LogP) is 4.87. The number of hydrogen-bond donors (Lipinski definition) is 0. The van der Waals surface area contributed by atoms with Crippen molar-refractivity contribution in [2.75, 3.05) is 0 Å². The zero-order valence-corrected chi connectivity index (χ0v) is 11.2. The van der Waals surface area contributed by atoms with Crippen LogP contribution in [0.3, 0.4) is 0 Å². The van der Waals surface area contributed by atoms with E-state index < -0.39 is 5.24 Å². The van der Waals surface area contributed by atoms with Crippen molar-refractivity contribution in [3.63, 3.8) is 0 Å². The van der Waals surface area contributed by atoms with Crippen LogP contribution < -0.4 is 0 Å². The van der Waals surface area contributed by atoms with Crippen LogP contribution in [0.15, 0.2) is 64.4 Å². The van der Waals surface area contributed by atoms with E-state index in [2.05, 4.69) is 0 Å². The summed E-state index contributed by atoms with van der Waals surface area (Å²) >= 11 is 5.53. The fraction of sp³-hybridized carbons (Fsp3) is 0. The van der Waals surface area contributed by atoms with Crippen molar-refractivity contribution >= 4 is 38.4 Å². The molecule has 0 heterocycles. The van der Waals surface area contributed by atoms with Gasteiger partial charge in [0.15, 0.2) is 0 Å². The fourth-order valence-electron chi connectivity index (χ4n) is 1.27.